The van der Waals surface area contributed by atoms with Crippen LogP contribution in [0.1, 0.15) is 18.5 Å². The van der Waals surface area contributed by atoms with E-state index in [1.165, 1.54) is 7.11 Å². The minimum absolute atomic E-state index is 0.341. The number of ether oxygens (including phenoxy) is 3. The molecule has 0 saturated carbocycles. The number of benzene rings is 2. The predicted molar refractivity (Wildman–Crippen MR) is 102 cm³/mol. The van der Waals surface area contributed by atoms with Crippen molar-refractivity contribution in [2.75, 3.05) is 20.3 Å². The summed E-state index contributed by atoms with van der Waals surface area (Å²) in [5, 5.41) is 3.65. The van der Waals surface area contributed by atoms with Crippen LogP contribution >= 0.6 is 23.2 Å². The smallest absolute Gasteiger partial charge is 0.344 e. The summed E-state index contributed by atoms with van der Waals surface area (Å²) in [7, 11) is 1.50. The Hall–Kier alpha value is -2.44. The Kier molecular flexibility index (Phi) is 7.76. The number of carbonyl (C=O) groups is 2. The summed E-state index contributed by atoms with van der Waals surface area (Å²) in [6, 6.07) is 11.5. The first-order chi connectivity index (χ1) is 12.9. The fraction of sp³-hybridized carbons (Fsp3) is 0.263. The highest BCUT2D eigenvalue weighted by Gasteiger charge is 2.15. The minimum atomic E-state index is -0.673. The van der Waals surface area contributed by atoms with Crippen LogP contribution in [0.25, 0.3) is 0 Å². The molecule has 0 aliphatic carbocycles. The monoisotopic (exact) mass is 411 g/mol. The Bertz CT molecular complexity index is 812. The molecule has 144 valence electrons. The highest BCUT2D eigenvalue weighted by Crippen LogP contribution is 2.26. The second-order valence-electron chi connectivity index (χ2n) is 5.56. The van der Waals surface area contributed by atoms with Gasteiger partial charge < -0.3 is 19.5 Å². The van der Waals surface area contributed by atoms with Crippen LogP contribution in [0.2, 0.25) is 10.0 Å². The van der Waals surface area contributed by atoms with Gasteiger partial charge in [0.25, 0.3) is 5.91 Å². The van der Waals surface area contributed by atoms with Crippen LogP contribution in [0.3, 0.4) is 0 Å². The molecule has 2 aromatic rings. The van der Waals surface area contributed by atoms with Crippen molar-refractivity contribution in [2.45, 2.75) is 13.0 Å². The van der Waals surface area contributed by atoms with Gasteiger partial charge in [-0.2, -0.15) is 0 Å². The van der Waals surface area contributed by atoms with Gasteiger partial charge in [0.05, 0.1) is 13.2 Å². The van der Waals surface area contributed by atoms with Gasteiger partial charge in [-0.15, -0.1) is 0 Å². The molecule has 27 heavy (non-hydrogen) atoms. The molecule has 0 heterocycles. The van der Waals surface area contributed by atoms with Gasteiger partial charge in [-0.25, -0.2) is 4.79 Å². The molecular weight excluding hydrogens is 393 g/mol. The molecule has 1 amide bonds. The second kappa shape index (κ2) is 10.0. The standard InChI is InChI=1S/C19H19Cl2NO5/c1-12(14-8-7-13(20)9-15(14)21)22-18(23)10-27-19(24)11-26-17-6-4-3-5-16(17)25-2/h3-9,12H,10-11H2,1-2H3,(H,22,23). The first-order valence-electron chi connectivity index (χ1n) is 8.06. The maximum absolute atomic E-state index is 12.0. The molecule has 8 heteroatoms. The van der Waals surface area contributed by atoms with Crippen molar-refractivity contribution in [3.8, 4) is 11.5 Å². The Morgan fingerprint density at radius 2 is 1.78 bits per heavy atom. The van der Waals surface area contributed by atoms with Crippen LogP contribution in [-0.4, -0.2) is 32.2 Å². The zero-order chi connectivity index (χ0) is 19.8. The SMILES string of the molecule is COc1ccccc1OCC(=O)OCC(=O)NC(C)c1ccc(Cl)cc1Cl. The number of rotatable bonds is 8. The van der Waals surface area contributed by atoms with E-state index in [1.54, 1.807) is 49.4 Å². The summed E-state index contributed by atoms with van der Waals surface area (Å²) in [5.74, 6) is -0.225. The molecule has 0 bridgehead atoms. The fourth-order valence-electron chi connectivity index (χ4n) is 2.28. The Balaban J connectivity index is 1.78. The third kappa shape index (κ3) is 6.34. The van der Waals surface area contributed by atoms with Crippen molar-refractivity contribution in [1.82, 2.24) is 5.32 Å². The van der Waals surface area contributed by atoms with Crippen molar-refractivity contribution in [2.24, 2.45) is 0 Å². The summed E-state index contributed by atoms with van der Waals surface area (Å²) < 4.78 is 15.4. The molecule has 1 N–H and O–H groups in total. The average Bonchev–Trinajstić information content (AvgIpc) is 2.64. The highest BCUT2D eigenvalue weighted by molar-refractivity contribution is 6.35. The molecule has 2 aromatic carbocycles. The maximum atomic E-state index is 12.0. The summed E-state index contributed by atoms with van der Waals surface area (Å²) in [6.45, 7) is 0.996. The number of esters is 1. The fourth-order valence-corrected chi connectivity index (χ4v) is 2.85. The van der Waals surface area contributed by atoms with E-state index in [4.69, 9.17) is 37.4 Å². The largest absolute Gasteiger partial charge is 0.493 e. The number of halogens is 2. The third-order valence-electron chi connectivity index (χ3n) is 3.59. The van der Waals surface area contributed by atoms with Gasteiger partial charge in [0.15, 0.2) is 24.7 Å². The first-order valence-corrected chi connectivity index (χ1v) is 8.82. The van der Waals surface area contributed by atoms with E-state index in [0.717, 1.165) is 0 Å². The minimum Gasteiger partial charge on any atom is -0.493 e. The number of carbonyl (C=O) groups excluding carboxylic acids is 2. The molecule has 1 atom stereocenters. The lowest BCUT2D eigenvalue weighted by Gasteiger charge is -2.16. The van der Waals surface area contributed by atoms with E-state index in [9.17, 15) is 9.59 Å². The Morgan fingerprint density at radius 3 is 2.44 bits per heavy atom. The number of methoxy groups -OCH3 is 1. The van der Waals surface area contributed by atoms with Crippen LogP contribution in [0.5, 0.6) is 11.5 Å². The van der Waals surface area contributed by atoms with E-state index in [0.29, 0.717) is 27.1 Å². The zero-order valence-corrected chi connectivity index (χ0v) is 16.3. The molecule has 6 nitrogen and oxygen atoms in total. The summed E-state index contributed by atoms with van der Waals surface area (Å²) in [5.41, 5.74) is 0.709. The van der Waals surface area contributed by atoms with Crippen LogP contribution in [0.15, 0.2) is 42.5 Å². The van der Waals surface area contributed by atoms with Crippen molar-refractivity contribution < 1.29 is 23.8 Å². The normalized spacial score (nSPS) is 11.4. The van der Waals surface area contributed by atoms with E-state index >= 15 is 0 Å². The first kappa shape index (κ1) is 20.9. The zero-order valence-electron chi connectivity index (χ0n) is 14.8. The second-order valence-corrected chi connectivity index (χ2v) is 6.40. The summed E-state index contributed by atoms with van der Waals surface area (Å²) in [4.78, 5) is 23.7. The van der Waals surface area contributed by atoms with Gasteiger partial charge in [0, 0.05) is 10.0 Å². The van der Waals surface area contributed by atoms with Gasteiger partial charge in [-0.1, -0.05) is 41.4 Å². The van der Waals surface area contributed by atoms with Crippen molar-refractivity contribution in [3.05, 3.63) is 58.1 Å². The molecule has 0 fully saturated rings. The average molecular weight is 412 g/mol. The van der Waals surface area contributed by atoms with Crippen molar-refractivity contribution >= 4 is 35.1 Å². The van der Waals surface area contributed by atoms with Gasteiger partial charge in [0.2, 0.25) is 0 Å². The van der Waals surface area contributed by atoms with Crippen molar-refractivity contribution in [3.63, 3.8) is 0 Å². The number of nitrogens with one attached hydrogen (secondary N) is 1. The lowest BCUT2D eigenvalue weighted by molar-refractivity contribution is -0.150. The van der Waals surface area contributed by atoms with E-state index in [-0.39, 0.29) is 12.6 Å². The molecule has 0 aliphatic rings. The lowest BCUT2D eigenvalue weighted by atomic mass is 10.1. The quantitative estimate of drug-likeness (QED) is 0.668. The summed E-state index contributed by atoms with van der Waals surface area (Å²) in [6.07, 6.45) is 0. The molecule has 1 unspecified atom stereocenters. The topological polar surface area (TPSA) is 73.9 Å². The summed E-state index contributed by atoms with van der Waals surface area (Å²) >= 11 is 12.0. The number of para-hydroxylation sites is 2. The van der Waals surface area contributed by atoms with Gasteiger partial charge in [0.1, 0.15) is 0 Å². The number of hydrogen-bond donors (Lipinski definition) is 1. The van der Waals surface area contributed by atoms with Crippen LogP contribution in [0.4, 0.5) is 0 Å². The molecular formula is C19H19Cl2NO5. The molecule has 0 aliphatic heterocycles. The Morgan fingerprint density at radius 1 is 1.07 bits per heavy atom. The highest BCUT2D eigenvalue weighted by atomic mass is 35.5. The molecule has 0 radical (unpaired) electrons. The van der Waals surface area contributed by atoms with E-state index in [2.05, 4.69) is 5.32 Å². The molecule has 0 spiro atoms. The van der Waals surface area contributed by atoms with Crippen LogP contribution in [0, 0.1) is 0 Å². The van der Waals surface area contributed by atoms with E-state index < -0.39 is 18.5 Å². The number of amides is 1. The Labute approximate surface area is 167 Å². The lowest BCUT2D eigenvalue weighted by Crippen LogP contribution is -2.32. The third-order valence-corrected chi connectivity index (χ3v) is 4.15. The maximum Gasteiger partial charge on any atom is 0.344 e. The van der Waals surface area contributed by atoms with Gasteiger partial charge >= 0.3 is 5.97 Å². The van der Waals surface area contributed by atoms with Crippen LogP contribution < -0.4 is 14.8 Å². The molecule has 2 rings (SSSR count). The number of hydrogen-bond acceptors (Lipinski definition) is 5. The van der Waals surface area contributed by atoms with Gasteiger partial charge in [-0.05, 0) is 36.8 Å². The van der Waals surface area contributed by atoms with Crippen LogP contribution in [-0.2, 0) is 14.3 Å². The predicted octanol–water partition coefficient (Wildman–Crippen LogP) is 3.80. The van der Waals surface area contributed by atoms with E-state index in [1.807, 2.05) is 0 Å². The van der Waals surface area contributed by atoms with Crippen molar-refractivity contribution in [1.29, 1.82) is 0 Å². The molecule has 0 aromatic heterocycles. The molecule has 0 saturated heterocycles. The van der Waals surface area contributed by atoms with Gasteiger partial charge in [-0.3, -0.25) is 4.79 Å².